The van der Waals surface area contributed by atoms with E-state index < -0.39 is 10.0 Å². The molecule has 24 heavy (non-hydrogen) atoms. The number of allylic oxidation sites excluding steroid dienone is 1. The highest BCUT2D eigenvalue weighted by Crippen LogP contribution is 2.13. The SMILES string of the molecule is CCC(=O)/C=C/c1cccc(S(=O)(=O)NCCc2ccccc2)c1. The lowest BCUT2D eigenvalue weighted by Gasteiger charge is -2.07. The molecule has 0 saturated carbocycles. The summed E-state index contributed by atoms with van der Waals surface area (Å²) in [4.78, 5) is 11.5. The molecule has 0 aliphatic carbocycles. The van der Waals surface area contributed by atoms with Gasteiger partial charge < -0.3 is 0 Å². The van der Waals surface area contributed by atoms with E-state index in [1.807, 2.05) is 30.3 Å². The van der Waals surface area contributed by atoms with Gasteiger partial charge in [-0.3, -0.25) is 4.79 Å². The number of carbonyl (C=O) groups excluding carboxylic acids is 1. The van der Waals surface area contributed by atoms with Crippen molar-refractivity contribution in [3.05, 3.63) is 71.8 Å². The summed E-state index contributed by atoms with van der Waals surface area (Å²) in [7, 11) is -3.57. The largest absolute Gasteiger partial charge is 0.295 e. The molecule has 0 saturated heterocycles. The van der Waals surface area contributed by atoms with Gasteiger partial charge >= 0.3 is 0 Å². The second kappa shape index (κ2) is 8.57. The number of benzene rings is 2. The fourth-order valence-electron chi connectivity index (χ4n) is 2.15. The zero-order valence-corrected chi connectivity index (χ0v) is 14.4. The van der Waals surface area contributed by atoms with E-state index >= 15 is 0 Å². The van der Waals surface area contributed by atoms with Crippen molar-refractivity contribution in [1.29, 1.82) is 0 Å². The smallest absolute Gasteiger partial charge is 0.240 e. The first kappa shape index (κ1) is 18.1. The number of sulfonamides is 1. The third-order valence-electron chi connectivity index (χ3n) is 3.53. The monoisotopic (exact) mass is 343 g/mol. The van der Waals surface area contributed by atoms with Crippen molar-refractivity contribution >= 4 is 21.9 Å². The highest BCUT2D eigenvalue weighted by Gasteiger charge is 2.13. The lowest BCUT2D eigenvalue weighted by Crippen LogP contribution is -2.26. The van der Waals surface area contributed by atoms with Crippen molar-refractivity contribution in [3.63, 3.8) is 0 Å². The summed E-state index contributed by atoms with van der Waals surface area (Å²) in [6.45, 7) is 2.12. The summed E-state index contributed by atoms with van der Waals surface area (Å²) >= 11 is 0. The van der Waals surface area contributed by atoms with Crippen molar-refractivity contribution in [3.8, 4) is 0 Å². The van der Waals surface area contributed by atoms with Crippen LogP contribution in [0.15, 0.2) is 65.6 Å². The summed E-state index contributed by atoms with van der Waals surface area (Å²) in [5.41, 5.74) is 1.76. The average molecular weight is 343 g/mol. The Kier molecular flexibility index (Phi) is 6.46. The predicted molar refractivity (Wildman–Crippen MR) is 96.1 cm³/mol. The molecule has 0 radical (unpaired) electrons. The van der Waals surface area contributed by atoms with Crippen molar-refractivity contribution < 1.29 is 13.2 Å². The topological polar surface area (TPSA) is 63.2 Å². The van der Waals surface area contributed by atoms with E-state index in [4.69, 9.17) is 0 Å². The van der Waals surface area contributed by atoms with Gasteiger partial charge in [0.1, 0.15) is 0 Å². The van der Waals surface area contributed by atoms with Gasteiger partial charge in [-0.05, 0) is 35.8 Å². The minimum absolute atomic E-state index is 0.00393. The van der Waals surface area contributed by atoms with E-state index in [2.05, 4.69) is 4.72 Å². The van der Waals surface area contributed by atoms with E-state index in [1.165, 1.54) is 6.08 Å². The van der Waals surface area contributed by atoms with Crippen LogP contribution in [0.25, 0.3) is 6.08 Å². The van der Waals surface area contributed by atoms with Gasteiger partial charge in [-0.2, -0.15) is 0 Å². The Morgan fingerprint density at radius 3 is 2.54 bits per heavy atom. The number of hydrogen-bond acceptors (Lipinski definition) is 3. The Morgan fingerprint density at radius 1 is 1.08 bits per heavy atom. The molecule has 0 heterocycles. The maximum atomic E-state index is 12.4. The van der Waals surface area contributed by atoms with Gasteiger partial charge in [-0.25, -0.2) is 13.1 Å². The van der Waals surface area contributed by atoms with Crippen LogP contribution in [-0.4, -0.2) is 20.7 Å². The van der Waals surface area contributed by atoms with E-state index in [0.717, 1.165) is 5.56 Å². The van der Waals surface area contributed by atoms with Crippen LogP contribution in [0.2, 0.25) is 0 Å². The molecule has 0 aliphatic rings. The molecule has 0 bridgehead atoms. The Hall–Kier alpha value is -2.24. The average Bonchev–Trinajstić information content (AvgIpc) is 2.60. The quantitative estimate of drug-likeness (QED) is 0.749. The Balaban J connectivity index is 2.03. The van der Waals surface area contributed by atoms with Gasteiger partial charge in [0, 0.05) is 13.0 Å². The van der Waals surface area contributed by atoms with Crippen molar-refractivity contribution in [1.82, 2.24) is 4.72 Å². The van der Waals surface area contributed by atoms with E-state index in [-0.39, 0.29) is 10.7 Å². The molecule has 1 N–H and O–H groups in total. The summed E-state index contributed by atoms with van der Waals surface area (Å²) in [6.07, 6.45) is 4.16. The predicted octanol–water partition coefficient (Wildman–Crippen LogP) is 3.20. The third kappa shape index (κ3) is 5.44. The number of nitrogens with one attached hydrogen (secondary N) is 1. The van der Waals surface area contributed by atoms with Crippen LogP contribution in [0.1, 0.15) is 24.5 Å². The fourth-order valence-corrected chi connectivity index (χ4v) is 3.24. The highest BCUT2D eigenvalue weighted by atomic mass is 32.2. The molecule has 0 aromatic heterocycles. The zero-order valence-electron chi connectivity index (χ0n) is 13.6. The molecule has 4 nitrogen and oxygen atoms in total. The summed E-state index contributed by atoms with van der Waals surface area (Å²) < 4.78 is 27.3. The van der Waals surface area contributed by atoms with Crippen LogP contribution in [0.4, 0.5) is 0 Å². The zero-order chi connectivity index (χ0) is 17.4. The Bertz CT molecular complexity index is 812. The molecule has 0 fully saturated rings. The van der Waals surface area contributed by atoms with Crippen molar-refractivity contribution in [2.24, 2.45) is 0 Å². The molecule has 2 aromatic carbocycles. The minimum Gasteiger partial charge on any atom is -0.295 e. The van der Waals surface area contributed by atoms with Crippen molar-refractivity contribution in [2.45, 2.75) is 24.7 Å². The highest BCUT2D eigenvalue weighted by molar-refractivity contribution is 7.89. The Morgan fingerprint density at radius 2 is 1.83 bits per heavy atom. The normalized spacial score (nSPS) is 11.7. The van der Waals surface area contributed by atoms with Crippen LogP contribution in [0.3, 0.4) is 0 Å². The summed E-state index contributed by atoms with van der Waals surface area (Å²) in [5.74, 6) is 0.00393. The molecule has 2 aromatic rings. The van der Waals surface area contributed by atoms with E-state index in [9.17, 15) is 13.2 Å². The molecule has 0 aliphatic heterocycles. The lowest BCUT2D eigenvalue weighted by molar-refractivity contribution is -0.114. The molecule has 126 valence electrons. The van der Waals surface area contributed by atoms with E-state index in [0.29, 0.717) is 24.9 Å². The maximum absolute atomic E-state index is 12.4. The van der Waals surface area contributed by atoms with Crippen LogP contribution < -0.4 is 4.72 Å². The third-order valence-corrected chi connectivity index (χ3v) is 4.99. The molecule has 2 rings (SSSR count). The van der Waals surface area contributed by atoms with E-state index in [1.54, 1.807) is 37.3 Å². The summed E-state index contributed by atoms with van der Waals surface area (Å²) in [5, 5.41) is 0. The second-order valence-electron chi connectivity index (χ2n) is 5.36. The lowest BCUT2D eigenvalue weighted by atomic mass is 10.2. The fraction of sp³-hybridized carbons (Fsp3) is 0.211. The molecular weight excluding hydrogens is 322 g/mol. The van der Waals surface area contributed by atoms with Crippen LogP contribution in [-0.2, 0) is 21.2 Å². The van der Waals surface area contributed by atoms with Crippen molar-refractivity contribution in [2.75, 3.05) is 6.54 Å². The molecule has 0 spiro atoms. The first-order valence-corrected chi connectivity index (χ1v) is 9.34. The number of carbonyl (C=O) groups is 1. The first-order valence-electron chi connectivity index (χ1n) is 7.86. The number of rotatable bonds is 8. The van der Waals surface area contributed by atoms with Gasteiger partial charge in [-0.15, -0.1) is 0 Å². The van der Waals surface area contributed by atoms with Crippen LogP contribution in [0, 0.1) is 0 Å². The number of ketones is 1. The molecular formula is C19H21NO3S. The van der Waals surface area contributed by atoms with Gasteiger partial charge in [0.2, 0.25) is 10.0 Å². The molecule has 5 heteroatoms. The second-order valence-corrected chi connectivity index (χ2v) is 7.13. The van der Waals surface area contributed by atoms with Gasteiger partial charge in [0.25, 0.3) is 0 Å². The molecule has 0 atom stereocenters. The number of hydrogen-bond donors (Lipinski definition) is 1. The first-order chi connectivity index (χ1) is 11.5. The van der Waals surface area contributed by atoms with Crippen LogP contribution >= 0.6 is 0 Å². The van der Waals surface area contributed by atoms with Gasteiger partial charge in [-0.1, -0.05) is 55.5 Å². The van der Waals surface area contributed by atoms with Crippen LogP contribution in [0.5, 0.6) is 0 Å². The summed E-state index contributed by atoms with van der Waals surface area (Å²) in [6, 6.07) is 16.2. The molecule has 0 amide bonds. The van der Waals surface area contributed by atoms with Gasteiger partial charge in [0.05, 0.1) is 4.90 Å². The Labute approximate surface area is 143 Å². The van der Waals surface area contributed by atoms with Gasteiger partial charge in [0.15, 0.2) is 5.78 Å². The standard InChI is InChI=1S/C19H21NO3S/c1-2-18(21)12-11-17-9-6-10-19(15-17)24(22,23)20-14-13-16-7-4-3-5-8-16/h3-12,15,20H,2,13-14H2,1H3/b12-11+. The minimum atomic E-state index is -3.57. The molecule has 0 unspecified atom stereocenters. The maximum Gasteiger partial charge on any atom is 0.240 e.